The molecule has 1 aromatic carbocycles. The highest BCUT2D eigenvalue weighted by atomic mass is 19.4. The Morgan fingerprint density at radius 1 is 1.25 bits per heavy atom. The third-order valence-corrected chi connectivity index (χ3v) is 3.58. The van der Waals surface area contributed by atoms with E-state index in [0.717, 1.165) is 38.1 Å². The van der Waals surface area contributed by atoms with Gasteiger partial charge in [0.25, 0.3) is 0 Å². The summed E-state index contributed by atoms with van der Waals surface area (Å²) in [6.07, 6.45) is -2.12. The number of benzene rings is 1. The lowest BCUT2D eigenvalue weighted by atomic mass is 9.90. The molecule has 20 heavy (non-hydrogen) atoms. The first kappa shape index (κ1) is 15.1. The Morgan fingerprint density at radius 3 is 2.45 bits per heavy atom. The second-order valence-electron chi connectivity index (χ2n) is 5.26. The summed E-state index contributed by atoms with van der Waals surface area (Å²) in [6, 6.07) is 3.69. The second kappa shape index (κ2) is 5.99. The van der Waals surface area contributed by atoms with E-state index in [2.05, 4.69) is 16.7 Å². The van der Waals surface area contributed by atoms with E-state index in [0.29, 0.717) is 17.9 Å². The van der Waals surface area contributed by atoms with E-state index in [1.54, 1.807) is 0 Å². The molecule has 0 spiro atoms. The molecule has 0 unspecified atom stereocenters. The molecule has 0 N–H and O–H groups in total. The first-order chi connectivity index (χ1) is 9.33. The normalized spacial score (nSPS) is 18.2. The van der Waals surface area contributed by atoms with Gasteiger partial charge in [0.1, 0.15) is 0 Å². The van der Waals surface area contributed by atoms with Gasteiger partial charge in [-0.3, -0.25) is 0 Å². The molecule has 0 saturated carbocycles. The summed E-state index contributed by atoms with van der Waals surface area (Å²) in [5, 5.41) is 0. The zero-order valence-electron chi connectivity index (χ0n) is 11.2. The lowest BCUT2D eigenvalue weighted by molar-refractivity contribution is -0.275. The molecule has 1 aromatic rings. The topological polar surface area (TPSA) is 12.5 Å². The molecule has 0 aromatic heterocycles. The highest BCUT2D eigenvalue weighted by molar-refractivity contribution is 5.29. The van der Waals surface area contributed by atoms with Crippen LogP contribution in [0.5, 0.6) is 5.75 Å². The van der Waals surface area contributed by atoms with Crippen LogP contribution in [-0.4, -0.2) is 31.4 Å². The number of rotatable bonds is 3. The number of nitrogens with zero attached hydrogens (tertiary/aromatic N) is 1. The Bertz CT molecular complexity index is 453. The fraction of sp³-hybridized carbons (Fsp3) is 0.571. The largest absolute Gasteiger partial charge is 0.573 e. The van der Waals surface area contributed by atoms with Gasteiger partial charge in [-0.05, 0) is 63.0 Å². The van der Waals surface area contributed by atoms with E-state index in [-0.39, 0.29) is 0 Å². The number of piperidine rings is 1. The van der Waals surface area contributed by atoms with Crippen LogP contribution >= 0.6 is 0 Å². The van der Waals surface area contributed by atoms with Crippen molar-refractivity contribution in [2.75, 3.05) is 20.1 Å². The highest BCUT2D eigenvalue weighted by Gasteiger charge is 2.32. The third-order valence-electron chi connectivity index (χ3n) is 3.58. The summed E-state index contributed by atoms with van der Waals surface area (Å²) in [5.41, 5.74) is 0.714. The molecule has 0 bridgehead atoms. The molecule has 1 saturated heterocycles. The van der Waals surface area contributed by atoms with E-state index in [9.17, 15) is 17.6 Å². The van der Waals surface area contributed by atoms with Crippen molar-refractivity contribution >= 4 is 0 Å². The number of alkyl halides is 3. The molecule has 0 radical (unpaired) electrons. The third kappa shape index (κ3) is 4.37. The van der Waals surface area contributed by atoms with Crippen LogP contribution in [0.15, 0.2) is 18.2 Å². The quantitative estimate of drug-likeness (QED) is 0.789. The van der Waals surface area contributed by atoms with Crippen LogP contribution in [-0.2, 0) is 6.42 Å². The first-order valence-electron chi connectivity index (χ1n) is 6.56. The molecule has 1 heterocycles. The molecule has 112 valence electrons. The van der Waals surface area contributed by atoms with Gasteiger partial charge in [0.05, 0.1) is 0 Å². The van der Waals surface area contributed by atoms with Gasteiger partial charge in [-0.1, -0.05) is 6.07 Å². The van der Waals surface area contributed by atoms with Gasteiger partial charge in [0.2, 0.25) is 0 Å². The maximum Gasteiger partial charge on any atom is 0.573 e. The van der Waals surface area contributed by atoms with E-state index in [1.165, 1.54) is 6.07 Å². The summed E-state index contributed by atoms with van der Waals surface area (Å²) in [7, 11) is 2.05. The van der Waals surface area contributed by atoms with Crippen LogP contribution in [0.25, 0.3) is 0 Å². The summed E-state index contributed by atoms with van der Waals surface area (Å²) in [6.45, 7) is 2.00. The van der Waals surface area contributed by atoms with E-state index < -0.39 is 17.9 Å². The minimum atomic E-state index is -4.86. The van der Waals surface area contributed by atoms with Crippen molar-refractivity contribution in [1.82, 2.24) is 4.90 Å². The van der Waals surface area contributed by atoms with Crippen molar-refractivity contribution in [2.24, 2.45) is 5.92 Å². The molecular weight excluding hydrogens is 274 g/mol. The Balaban J connectivity index is 1.98. The van der Waals surface area contributed by atoms with Crippen LogP contribution < -0.4 is 4.74 Å². The average Bonchev–Trinajstić information content (AvgIpc) is 2.34. The van der Waals surface area contributed by atoms with Crippen molar-refractivity contribution in [2.45, 2.75) is 25.6 Å². The smallest absolute Gasteiger partial charge is 0.403 e. The highest BCUT2D eigenvalue weighted by Crippen LogP contribution is 2.28. The van der Waals surface area contributed by atoms with Crippen LogP contribution in [0.2, 0.25) is 0 Å². The summed E-state index contributed by atoms with van der Waals surface area (Å²) < 4.78 is 53.3. The summed E-state index contributed by atoms with van der Waals surface area (Å²) >= 11 is 0. The van der Waals surface area contributed by atoms with Gasteiger partial charge < -0.3 is 9.64 Å². The Kier molecular flexibility index (Phi) is 4.52. The maximum absolute atomic E-state index is 13.6. The number of ether oxygens (including phenoxy) is 1. The summed E-state index contributed by atoms with van der Waals surface area (Å²) in [4.78, 5) is 2.23. The zero-order chi connectivity index (χ0) is 14.8. The van der Waals surface area contributed by atoms with Crippen LogP contribution in [0, 0.1) is 11.7 Å². The molecule has 1 aliphatic heterocycles. The molecule has 6 heteroatoms. The Hall–Kier alpha value is -1.30. The van der Waals surface area contributed by atoms with Crippen molar-refractivity contribution in [1.29, 1.82) is 0 Å². The maximum atomic E-state index is 13.6. The van der Waals surface area contributed by atoms with E-state index in [4.69, 9.17) is 0 Å². The monoisotopic (exact) mass is 291 g/mol. The molecule has 0 atom stereocenters. The molecule has 1 fully saturated rings. The van der Waals surface area contributed by atoms with Gasteiger partial charge in [-0.25, -0.2) is 4.39 Å². The van der Waals surface area contributed by atoms with Gasteiger partial charge in [0.15, 0.2) is 11.6 Å². The van der Waals surface area contributed by atoms with Gasteiger partial charge in [-0.15, -0.1) is 13.2 Å². The average molecular weight is 291 g/mol. The zero-order valence-corrected chi connectivity index (χ0v) is 11.2. The molecule has 2 nitrogen and oxygen atoms in total. The number of hydrogen-bond donors (Lipinski definition) is 0. The van der Waals surface area contributed by atoms with Gasteiger partial charge >= 0.3 is 6.36 Å². The molecule has 0 amide bonds. The lowest BCUT2D eigenvalue weighted by Crippen LogP contribution is -2.30. The standard InChI is InChI=1S/C14H17F4NO/c1-19-6-4-10(5-7-19)8-11-2-3-13(12(15)9-11)20-14(16,17)18/h2-3,9-10H,4-8H2,1H3. The fourth-order valence-corrected chi connectivity index (χ4v) is 2.48. The van der Waals surface area contributed by atoms with Gasteiger partial charge in [-0.2, -0.15) is 0 Å². The van der Waals surface area contributed by atoms with E-state index >= 15 is 0 Å². The lowest BCUT2D eigenvalue weighted by Gasteiger charge is -2.29. The van der Waals surface area contributed by atoms with Gasteiger partial charge in [0, 0.05) is 0 Å². The molecule has 2 rings (SSSR count). The predicted octanol–water partition coefficient (Wildman–Crippen LogP) is 3.61. The number of hydrogen-bond acceptors (Lipinski definition) is 2. The van der Waals surface area contributed by atoms with Crippen LogP contribution in [0.4, 0.5) is 17.6 Å². The predicted molar refractivity (Wildman–Crippen MR) is 67.0 cm³/mol. The van der Waals surface area contributed by atoms with E-state index in [1.807, 2.05) is 0 Å². The van der Waals surface area contributed by atoms with Crippen LogP contribution in [0.1, 0.15) is 18.4 Å². The van der Waals surface area contributed by atoms with Crippen molar-refractivity contribution in [3.8, 4) is 5.75 Å². The van der Waals surface area contributed by atoms with Crippen molar-refractivity contribution < 1.29 is 22.3 Å². The SMILES string of the molecule is CN1CCC(Cc2ccc(OC(F)(F)F)c(F)c2)CC1. The molecular formula is C14H17F4NO. The molecule has 0 aliphatic carbocycles. The second-order valence-corrected chi connectivity index (χ2v) is 5.26. The Labute approximate surface area is 115 Å². The minimum absolute atomic E-state index is 0.458. The first-order valence-corrected chi connectivity index (χ1v) is 6.56. The summed E-state index contributed by atoms with van der Waals surface area (Å²) in [5.74, 6) is -1.28. The fourth-order valence-electron chi connectivity index (χ4n) is 2.48. The Morgan fingerprint density at radius 2 is 1.90 bits per heavy atom. The minimum Gasteiger partial charge on any atom is -0.403 e. The number of halogens is 4. The number of likely N-dealkylation sites (tertiary alicyclic amines) is 1. The van der Waals surface area contributed by atoms with Crippen molar-refractivity contribution in [3.05, 3.63) is 29.6 Å². The molecule has 1 aliphatic rings. The van der Waals surface area contributed by atoms with Crippen LogP contribution in [0.3, 0.4) is 0 Å². The van der Waals surface area contributed by atoms with Crippen molar-refractivity contribution in [3.63, 3.8) is 0 Å².